The second kappa shape index (κ2) is 8.35. The van der Waals surface area contributed by atoms with Gasteiger partial charge in [-0.15, -0.1) is 0 Å². The van der Waals surface area contributed by atoms with Crippen LogP contribution in [0.3, 0.4) is 0 Å². The van der Waals surface area contributed by atoms with E-state index in [0.717, 1.165) is 5.56 Å². The fourth-order valence-electron chi connectivity index (χ4n) is 1.75. The molecule has 0 atom stereocenters. The van der Waals surface area contributed by atoms with Crippen molar-refractivity contribution in [2.24, 2.45) is 0 Å². The molecule has 0 spiro atoms. The molecule has 0 saturated carbocycles. The number of rotatable bonds is 4. The molecular formula is C18H14FNO3. The van der Waals surface area contributed by atoms with E-state index in [1.165, 1.54) is 18.2 Å². The molecule has 2 aromatic rings. The normalized spacial score (nSPS) is 9.43. The van der Waals surface area contributed by atoms with Crippen LogP contribution in [0.15, 0.2) is 48.5 Å². The first-order valence-corrected chi connectivity index (χ1v) is 6.87. The van der Waals surface area contributed by atoms with Gasteiger partial charge >= 0.3 is 6.09 Å². The van der Waals surface area contributed by atoms with Crippen LogP contribution in [0, 0.1) is 17.7 Å². The van der Waals surface area contributed by atoms with Gasteiger partial charge in [0, 0.05) is 5.56 Å². The third-order valence-corrected chi connectivity index (χ3v) is 2.89. The molecule has 5 heteroatoms. The highest BCUT2D eigenvalue weighted by Gasteiger charge is 2.01. The molecule has 0 aromatic heterocycles. The largest absolute Gasteiger partial charge is 0.445 e. The molecule has 1 amide bonds. The highest BCUT2D eigenvalue weighted by molar-refractivity contribution is 5.76. The van der Waals surface area contributed by atoms with Gasteiger partial charge in [0.25, 0.3) is 0 Å². The molecule has 0 aliphatic heterocycles. The molecule has 23 heavy (non-hydrogen) atoms. The molecule has 0 bridgehead atoms. The molecule has 2 aromatic carbocycles. The van der Waals surface area contributed by atoms with Crippen molar-refractivity contribution in [1.82, 2.24) is 5.32 Å². The van der Waals surface area contributed by atoms with Crippen LogP contribution in [-0.2, 0) is 11.3 Å². The minimum atomic E-state index is -0.590. The van der Waals surface area contributed by atoms with Crippen LogP contribution in [0.5, 0.6) is 0 Å². The summed E-state index contributed by atoms with van der Waals surface area (Å²) in [7, 11) is 0. The van der Waals surface area contributed by atoms with Gasteiger partial charge in [-0.3, -0.25) is 4.79 Å². The number of ether oxygens (including phenoxy) is 1. The van der Waals surface area contributed by atoms with Crippen LogP contribution in [0.1, 0.15) is 21.5 Å². The molecule has 0 radical (unpaired) electrons. The lowest BCUT2D eigenvalue weighted by molar-refractivity contribution is 0.111. The Bertz CT molecular complexity index is 748. The fraction of sp³-hybridized carbons (Fsp3) is 0.111. The van der Waals surface area contributed by atoms with Crippen molar-refractivity contribution in [1.29, 1.82) is 0 Å². The molecule has 0 aliphatic carbocycles. The maximum atomic E-state index is 13.1. The summed E-state index contributed by atoms with van der Waals surface area (Å²) in [4.78, 5) is 22.1. The van der Waals surface area contributed by atoms with Crippen LogP contribution in [0.25, 0.3) is 0 Å². The number of carbonyl (C=O) groups is 2. The topological polar surface area (TPSA) is 55.4 Å². The van der Waals surface area contributed by atoms with Gasteiger partial charge in [0.1, 0.15) is 12.4 Å². The summed E-state index contributed by atoms with van der Waals surface area (Å²) in [5.74, 6) is 4.84. The number of alkyl carbamates (subject to hydrolysis) is 1. The van der Waals surface area contributed by atoms with Crippen molar-refractivity contribution >= 4 is 12.4 Å². The van der Waals surface area contributed by atoms with E-state index in [4.69, 9.17) is 4.74 Å². The lowest BCUT2D eigenvalue weighted by atomic mass is 10.1. The van der Waals surface area contributed by atoms with E-state index in [9.17, 15) is 14.0 Å². The van der Waals surface area contributed by atoms with E-state index >= 15 is 0 Å². The van der Waals surface area contributed by atoms with E-state index in [1.54, 1.807) is 0 Å². The number of benzene rings is 2. The average Bonchev–Trinajstić information content (AvgIpc) is 2.59. The summed E-state index contributed by atoms with van der Waals surface area (Å²) in [5, 5.41) is 2.48. The number of carbonyl (C=O) groups excluding carboxylic acids is 2. The highest BCUT2D eigenvalue weighted by Crippen LogP contribution is 2.07. The zero-order valence-corrected chi connectivity index (χ0v) is 12.2. The molecule has 1 N–H and O–H groups in total. The number of amides is 1. The van der Waals surface area contributed by atoms with Gasteiger partial charge in [0.15, 0.2) is 6.29 Å². The van der Waals surface area contributed by atoms with E-state index < -0.39 is 11.9 Å². The Morgan fingerprint density at radius 1 is 1.22 bits per heavy atom. The third-order valence-electron chi connectivity index (χ3n) is 2.89. The summed E-state index contributed by atoms with van der Waals surface area (Å²) >= 11 is 0. The van der Waals surface area contributed by atoms with Crippen molar-refractivity contribution < 1.29 is 18.7 Å². The van der Waals surface area contributed by atoms with Crippen LogP contribution in [0.2, 0.25) is 0 Å². The number of aldehydes is 1. The van der Waals surface area contributed by atoms with Gasteiger partial charge in [-0.25, -0.2) is 9.18 Å². The molecule has 116 valence electrons. The predicted molar refractivity (Wildman–Crippen MR) is 83.3 cm³/mol. The quantitative estimate of drug-likeness (QED) is 0.698. The summed E-state index contributed by atoms with van der Waals surface area (Å²) in [5.41, 5.74) is 1.33. The Hall–Kier alpha value is -3.13. The average molecular weight is 311 g/mol. The first kappa shape index (κ1) is 16.2. The number of hydrogen-bond acceptors (Lipinski definition) is 3. The molecule has 0 heterocycles. The zero-order valence-electron chi connectivity index (χ0n) is 12.2. The minimum absolute atomic E-state index is 0.0490. The van der Waals surface area contributed by atoms with E-state index in [1.807, 2.05) is 30.3 Å². The first-order chi connectivity index (χ1) is 11.2. The Labute approximate surface area is 133 Å². The summed E-state index contributed by atoms with van der Waals surface area (Å²) in [6, 6.07) is 13.3. The van der Waals surface area contributed by atoms with Crippen molar-refractivity contribution in [3.63, 3.8) is 0 Å². The Morgan fingerprint density at radius 3 is 2.74 bits per heavy atom. The van der Waals surface area contributed by atoms with Gasteiger partial charge in [-0.1, -0.05) is 42.2 Å². The van der Waals surface area contributed by atoms with Gasteiger partial charge in [-0.2, -0.15) is 0 Å². The second-order valence-corrected chi connectivity index (χ2v) is 4.57. The zero-order chi connectivity index (χ0) is 16.5. The standard InChI is InChI=1S/C18H14FNO3/c19-17-9-8-14(11-16(17)12-21)7-4-10-20-18(22)23-13-15-5-2-1-3-6-15/h1-3,5-6,8-9,11-12H,10,13H2,(H,20,22). The predicted octanol–water partition coefficient (Wildman–Crippen LogP) is 2.92. The number of halogens is 1. The Kier molecular flexibility index (Phi) is 5.89. The summed E-state index contributed by atoms with van der Waals surface area (Å²) in [6.45, 7) is 0.266. The molecule has 0 aliphatic rings. The van der Waals surface area contributed by atoms with Gasteiger partial charge in [0.2, 0.25) is 0 Å². The molecule has 4 nitrogen and oxygen atoms in total. The van der Waals surface area contributed by atoms with Gasteiger partial charge in [-0.05, 0) is 23.8 Å². The SMILES string of the molecule is O=Cc1cc(C#CCNC(=O)OCc2ccccc2)ccc1F. The van der Waals surface area contributed by atoms with E-state index in [-0.39, 0.29) is 18.7 Å². The molecule has 2 rings (SSSR count). The Balaban J connectivity index is 1.79. The maximum Gasteiger partial charge on any atom is 0.408 e. The van der Waals surface area contributed by atoms with E-state index in [0.29, 0.717) is 11.8 Å². The Morgan fingerprint density at radius 2 is 2.00 bits per heavy atom. The minimum Gasteiger partial charge on any atom is -0.445 e. The van der Waals surface area contributed by atoms with Gasteiger partial charge < -0.3 is 10.1 Å². The van der Waals surface area contributed by atoms with Crippen LogP contribution in [0.4, 0.5) is 9.18 Å². The second-order valence-electron chi connectivity index (χ2n) is 4.57. The van der Waals surface area contributed by atoms with Crippen LogP contribution < -0.4 is 5.32 Å². The molecule has 0 saturated heterocycles. The number of nitrogens with one attached hydrogen (secondary N) is 1. The third kappa shape index (κ3) is 5.29. The number of hydrogen-bond donors (Lipinski definition) is 1. The molecular weight excluding hydrogens is 297 g/mol. The first-order valence-electron chi connectivity index (χ1n) is 6.87. The van der Waals surface area contributed by atoms with Crippen molar-refractivity contribution in [2.45, 2.75) is 6.61 Å². The smallest absolute Gasteiger partial charge is 0.408 e. The van der Waals surface area contributed by atoms with Crippen LogP contribution >= 0.6 is 0 Å². The van der Waals surface area contributed by atoms with Crippen molar-refractivity contribution in [2.75, 3.05) is 6.54 Å². The van der Waals surface area contributed by atoms with Crippen LogP contribution in [-0.4, -0.2) is 18.9 Å². The van der Waals surface area contributed by atoms with E-state index in [2.05, 4.69) is 17.2 Å². The van der Waals surface area contributed by atoms with Crippen molar-refractivity contribution in [3.8, 4) is 11.8 Å². The molecule has 0 unspecified atom stereocenters. The summed E-state index contributed by atoms with van der Waals surface area (Å²) in [6.07, 6.45) is -0.143. The lowest BCUT2D eigenvalue weighted by Gasteiger charge is -2.04. The molecule has 0 fully saturated rings. The maximum absolute atomic E-state index is 13.1. The fourth-order valence-corrected chi connectivity index (χ4v) is 1.75. The summed E-state index contributed by atoms with van der Waals surface area (Å²) < 4.78 is 18.2. The van der Waals surface area contributed by atoms with Crippen molar-refractivity contribution in [3.05, 3.63) is 71.0 Å². The monoisotopic (exact) mass is 311 g/mol. The lowest BCUT2D eigenvalue weighted by Crippen LogP contribution is -2.24. The van der Waals surface area contributed by atoms with Gasteiger partial charge in [0.05, 0.1) is 12.1 Å². The highest BCUT2D eigenvalue weighted by atomic mass is 19.1.